The standard InChI is InChI=1S/C15H27N3O3/c1-3-17-14(19)12-9-21-8-7-18(12)15(20)11-6-4-5-10(2)13(11)16/h10-13H,3-9,16H2,1-2H3,(H,17,19). The van der Waals surface area contributed by atoms with Crippen LogP contribution in [0.4, 0.5) is 0 Å². The number of ether oxygens (including phenoxy) is 1. The summed E-state index contributed by atoms with van der Waals surface area (Å²) in [6.45, 7) is 5.75. The number of nitrogens with zero attached hydrogens (tertiary/aromatic N) is 1. The summed E-state index contributed by atoms with van der Waals surface area (Å²) >= 11 is 0. The van der Waals surface area contributed by atoms with Crippen LogP contribution in [-0.2, 0) is 14.3 Å². The maximum atomic E-state index is 12.8. The van der Waals surface area contributed by atoms with Gasteiger partial charge in [-0.15, -0.1) is 0 Å². The maximum absolute atomic E-state index is 12.8. The van der Waals surface area contributed by atoms with Gasteiger partial charge in [-0.3, -0.25) is 9.59 Å². The summed E-state index contributed by atoms with van der Waals surface area (Å²) < 4.78 is 5.38. The van der Waals surface area contributed by atoms with E-state index in [-0.39, 0.29) is 30.4 Å². The van der Waals surface area contributed by atoms with Crippen molar-refractivity contribution in [3.8, 4) is 0 Å². The molecule has 1 aliphatic heterocycles. The Kier molecular flexibility index (Phi) is 5.58. The van der Waals surface area contributed by atoms with Crippen LogP contribution < -0.4 is 11.1 Å². The van der Waals surface area contributed by atoms with E-state index in [0.29, 0.717) is 25.6 Å². The molecule has 0 aromatic heterocycles. The van der Waals surface area contributed by atoms with Gasteiger partial charge in [0.15, 0.2) is 0 Å². The second-order valence-corrected chi connectivity index (χ2v) is 6.11. The van der Waals surface area contributed by atoms with E-state index in [9.17, 15) is 9.59 Å². The lowest BCUT2D eigenvalue weighted by Gasteiger charge is -2.40. The number of amides is 2. The van der Waals surface area contributed by atoms with E-state index in [0.717, 1.165) is 19.3 Å². The predicted octanol–water partition coefficient (Wildman–Crippen LogP) is 0.113. The molecule has 0 bridgehead atoms. The third kappa shape index (κ3) is 3.55. The molecule has 4 atom stereocenters. The number of nitrogens with one attached hydrogen (secondary N) is 1. The van der Waals surface area contributed by atoms with Gasteiger partial charge in [0.1, 0.15) is 6.04 Å². The zero-order chi connectivity index (χ0) is 15.4. The van der Waals surface area contributed by atoms with Crippen LogP contribution in [0.5, 0.6) is 0 Å². The van der Waals surface area contributed by atoms with Crippen molar-refractivity contribution < 1.29 is 14.3 Å². The molecule has 6 heteroatoms. The topological polar surface area (TPSA) is 84.7 Å². The minimum Gasteiger partial charge on any atom is -0.377 e. The van der Waals surface area contributed by atoms with Crippen molar-refractivity contribution in [1.29, 1.82) is 0 Å². The number of hydrogen-bond donors (Lipinski definition) is 2. The number of carbonyl (C=O) groups is 2. The average molecular weight is 297 g/mol. The molecule has 2 rings (SSSR count). The molecule has 21 heavy (non-hydrogen) atoms. The Hall–Kier alpha value is -1.14. The summed E-state index contributed by atoms with van der Waals surface area (Å²) in [5.74, 6) is 0.0806. The fourth-order valence-corrected chi connectivity index (χ4v) is 3.32. The number of likely N-dealkylation sites (N-methyl/N-ethyl adjacent to an activating group) is 1. The lowest BCUT2D eigenvalue weighted by atomic mass is 9.77. The van der Waals surface area contributed by atoms with Gasteiger partial charge in [-0.2, -0.15) is 0 Å². The third-order valence-electron chi connectivity index (χ3n) is 4.68. The van der Waals surface area contributed by atoms with Crippen LogP contribution in [0.1, 0.15) is 33.1 Å². The molecule has 2 fully saturated rings. The largest absolute Gasteiger partial charge is 0.377 e. The van der Waals surface area contributed by atoms with E-state index >= 15 is 0 Å². The molecule has 0 aromatic rings. The van der Waals surface area contributed by atoms with Gasteiger partial charge >= 0.3 is 0 Å². The van der Waals surface area contributed by atoms with Gasteiger partial charge in [0, 0.05) is 19.1 Å². The molecule has 0 spiro atoms. The number of rotatable bonds is 3. The van der Waals surface area contributed by atoms with Crippen molar-refractivity contribution in [1.82, 2.24) is 10.2 Å². The number of carbonyl (C=O) groups excluding carboxylic acids is 2. The van der Waals surface area contributed by atoms with E-state index in [4.69, 9.17) is 10.5 Å². The van der Waals surface area contributed by atoms with Gasteiger partial charge in [0.2, 0.25) is 11.8 Å². The first kappa shape index (κ1) is 16.2. The number of hydrogen-bond acceptors (Lipinski definition) is 4. The second-order valence-electron chi connectivity index (χ2n) is 6.11. The van der Waals surface area contributed by atoms with Gasteiger partial charge in [-0.25, -0.2) is 0 Å². The molecular weight excluding hydrogens is 270 g/mol. The van der Waals surface area contributed by atoms with Crippen LogP contribution in [0.3, 0.4) is 0 Å². The molecule has 1 heterocycles. The highest BCUT2D eigenvalue weighted by Gasteiger charge is 2.40. The summed E-state index contributed by atoms with van der Waals surface area (Å²) in [6, 6.07) is -0.625. The number of morpholine rings is 1. The van der Waals surface area contributed by atoms with Crippen LogP contribution in [0.2, 0.25) is 0 Å². The molecule has 0 aromatic carbocycles. The minimum atomic E-state index is -0.518. The van der Waals surface area contributed by atoms with Gasteiger partial charge in [-0.05, 0) is 25.7 Å². The van der Waals surface area contributed by atoms with E-state index < -0.39 is 6.04 Å². The Balaban J connectivity index is 2.09. The summed E-state index contributed by atoms with van der Waals surface area (Å²) in [5.41, 5.74) is 6.23. The Bertz CT molecular complexity index is 388. The quantitative estimate of drug-likeness (QED) is 0.774. The van der Waals surface area contributed by atoms with Gasteiger partial charge in [-0.1, -0.05) is 13.3 Å². The van der Waals surface area contributed by atoms with Crippen molar-refractivity contribution in [3.05, 3.63) is 0 Å². The van der Waals surface area contributed by atoms with E-state index in [2.05, 4.69) is 12.2 Å². The Morgan fingerprint density at radius 3 is 2.86 bits per heavy atom. The first-order chi connectivity index (χ1) is 10.1. The third-order valence-corrected chi connectivity index (χ3v) is 4.68. The molecule has 2 aliphatic rings. The van der Waals surface area contributed by atoms with Crippen molar-refractivity contribution in [2.45, 2.75) is 45.2 Å². The smallest absolute Gasteiger partial charge is 0.245 e. The monoisotopic (exact) mass is 297 g/mol. The summed E-state index contributed by atoms with van der Waals surface area (Å²) in [7, 11) is 0. The highest BCUT2D eigenvalue weighted by molar-refractivity contribution is 5.89. The van der Waals surface area contributed by atoms with Crippen LogP contribution in [0.25, 0.3) is 0 Å². The van der Waals surface area contributed by atoms with Gasteiger partial charge < -0.3 is 20.7 Å². The van der Waals surface area contributed by atoms with Crippen molar-refractivity contribution in [2.75, 3.05) is 26.3 Å². The highest BCUT2D eigenvalue weighted by Crippen LogP contribution is 2.30. The molecule has 2 amide bonds. The molecule has 1 saturated carbocycles. The predicted molar refractivity (Wildman–Crippen MR) is 79.5 cm³/mol. The molecule has 6 nitrogen and oxygen atoms in total. The highest BCUT2D eigenvalue weighted by atomic mass is 16.5. The first-order valence-electron chi connectivity index (χ1n) is 7.97. The maximum Gasteiger partial charge on any atom is 0.245 e. The zero-order valence-corrected chi connectivity index (χ0v) is 13.0. The Morgan fingerprint density at radius 2 is 2.14 bits per heavy atom. The molecule has 3 N–H and O–H groups in total. The Labute approximate surface area is 126 Å². The average Bonchev–Trinajstić information content (AvgIpc) is 2.49. The molecule has 4 unspecified atom stereocenters. The fraction of sp³-hybridized carbons (Fsp3) is 0.867. The Morgan fingerprint density at radius 1 is 1.38 bits per heavy atom. The van der Waals surface area contributed by atoms with E-state index in [1.165, 1.54) is 0 Å². The fourth-order valence-electron chi connectivity index (χ4n) is 3.32. The molecule has 0 radical (unpaired) electrons. The van der Waals surface area contributed by atoms with Crippen LogP contribution >= 0.6 is 0 Å². The molecule has 1 aliphatic carbocycles. The molecular formula is C15H27N3O3. The van der Waals surface area contributed by atoms with Gasteiger partial charge in [0.05, 0.1) is 19.1 Å². The molecule has 1 saturated heterocycles. The van der Waals surface area contributed by atoms with E-state index in [1.807, 2.05) is 6.92 Å². The van der Waals surface area contributed by atoms with Crippen molar-refractivity contribution in [3.63, 3.8) is 0 Å². The minimum absolute atomic E-state index is 0.0219. The lowest BCUT2D eigenvalue weighted by molar-refractivity contribution is -0.153. The van der Waals surface area contributed by atoms with Crippen LogP contribution in [0, 0.1) is 11.8 Å². The van der Waals surface area contributed by atoms with Gasteiger partial charge in [0.25, 0.3) is 0 Å². The zero-order valence-electron chi connectivity index (χ0n) is 13.0. The number of nitrogens with two attached hydrogens (primary N) is 1. The summed E-state index contributed by atoms with van der Waals surface area (Å²) in [6.07, 6.45) is 2.93. The second kappa shape index (κ2) is 7.22. The van der Waals surface area contributed by atoms with Crippen LogP contribution in [0.15, 0.2) is 0 Å². The summed E-state index contributed by atoms with van der Waals surface area (Å²) in [4.78, 5) is 26.6. The summed E-state index contributed by atoms with van der Waals surface area (Å²) in [5, 5.41) is 2.78. The van der Waals surface area contributed by atoms with E-state index in [1.54, 1.807) is 4.90 Å². The van der Waals surface area contributed by atoms with Crippen molar-refractivity contribution >= 4 is 11.8 Å². The first-order valence-corrected chi connectivity index (χ1v) is 7.97. The molecule has 120 valence electrons. The SMILES string of the molecule is CCNC(=O)C1COCCN1C(=O)C1CCCC(C)C1N. The normalized spacial score (nSPS) is 33.6. The van der Waals surface area contributed by atoms with Crippen LogP contribution in [-0.4, -0.2) is 55.1 Å². The lowest BCUT2D eigenvalue weighted by Crippen LogP contribution is -2.59. The van der Waals surface area contributed by atoms with Crippen molar-refractivity contribution in [2.24, 2.45) is 17.6 Å².